The minimum Gasteiger partial charge on any atom is -0.317 e. The molecule has 0 atom stereocenters. The minimum absolute atomic E-state index is 0.0330. The van der Waals surface area contributed by atoms with Crippen molar-refractivity contribution in [2.75, 3.05) is 13.1 Å². The number of rotatable bonds is 4. The molecule has 0 aromatic heterocycles. The Kier molecular flexibility index (Phi) is 4.83. The smallest absolute Gasteiger partial charge is 0.142 e. The first-order valence-electron chi connectivity index (χ1n) is 7.93. The minimum atomic E-state index is 0.0330. The van der Waals surface area contributed by atoms with E-state index in [0.29, 0.717) is 11.7 Å². The molecule has 2 rings (SSSR count). The molecule has 2 heteroatoms. The van der Waals surface area contributed by atoms with Gasteiger partial charge in [0.2, 0.25) is 0 Å². The van der Waals surface area contributed by atoms with Crippen molar-refractivity contribution in [1.82, 2.24) is 5.32 Å². The van der Waals surface area contributed by atoms with E-state index >= 15 is 0 Å². The number of hydrogen-bond acceptors (Lipinski definition) is 2. The second-order valence-corrected chi connectivity index (χ2v) is 6.60. The fourth-order valence-corrected chi connectivity index (χ4v) is 3.96. The molecule has 0 radical (unpaired) electrons. The largest absolute Gasteiger partial charge is 0.317 e. The first-order valence-corrected chi connectivity index (χ1v) is 7.93. The Hall–Kier alpha value is -0.370. The quantitative estimate of drug-likeness (QED) is 0.828. The Bertz CT molecular complexity index is 267. The van der Waals surface area contributed by atoms with Gasteiger partial charge in [-0.3, -0.25) is 4.79 Å². The summed E-state index contributed by atoms with van der Waals surface area (Å²) in [6.45, 7) is 6.62. The van der Waals surface area contributed by atoms with Crippen molar-refractivity contribution in [2.24, 2.45) is 17.3 Å². The number of hydrogen-bond donors (Lipinski definition) is 1. The summed E-state index contributed by atoms with van der Waals surface area (Å²) in [4.78, 5) is 12.9. The third kappa shape index (κ3) is 2.96. The van der Waals surface area contributed by atoms with Crippen molar-refractivity contribution in [3.8, 4) is 0 Å². The van der Waals surface area contributed by atoms with Gasteiger partial charge in [-0.05, 0) is 51.1 Å². The number of piperidine rings is 1. The molecule has 1 N–H and O–H groups in total. The highest BCUT2D eigenvalue weighted by atomic mass is 16.1. The Labute approximate surface area is 112 Å². The maximum absolute atomic E-state index is 12.9. The van der Waals surface area contributed by atoms with Crippen LogP contribution in [0.5, 0.6) is 0 Å². The Morgan fingerprint density at radius 1 is 1.17 bits per heavy atom. The third-order valence-electron chi connectivity index (χ3n) is 5.20. The van der Waals surface area contributed by atoms with E-state index in [4.69, 9.17) is 0 Å². The lowest BCUT2D eigenvalue weighted by molar-refractivity contribution is -0.136. The van der Waals surface area contributed by atoms with Crippen LogP contribution < -0.4 is 5.32 Å². The van der Waals surface area contributed by atoms with E-state index in [2.05, 4.69) is 19.2 Å². The molecule has 0 aromatic carbocycles. The lowest BCUT2D eigenvalue weighted by Gasteiger charge is -2.40. The van der Waals surface area contributed by atoms with Crippen molar-refractivity contribution in [2.45, 2.75) is 65.2 Å². The fourth-order valence-electron chi connectivity index (χ4n) is 3.96. The zero-order chi connectivity index (χ0) is 13.0. The molecule has 1 saturated heterocycles. The normalized spacial score (nSPS) is 32.1. The lowest BCUT2D eigenvalue weighted by Crippen LogP contribution is -2.45. The highest BCUT2D eigenvalue weighted by Crippen LogP contribution is 2.41. The first kappa shape index (κ1) is 14.0. The molecule has 2 fully saturated rings. The molecule has 1 saturated carbocycles. The second kappa shape index (κ2) is 6.18. The van der Waals surface area contributed by atoms with Crippen molar-refractivity contribution in [3.05, 3.63) is 0 Å². The number of ketones is 1. The molecule has 0 bridgehead atoms. The van der Waals surface area contributed by atoms with E-state index in [1.807, 2.05) is 0 Å². The van der Waals surface area contributed by atoms with Crippen molar-refractivity contribution < 1.29 is 4.79 Å². The van der Waals surface area contributed by atoms with Gasteiger partial charge in [0.1, 0.15) is 5.78 Å². The molecule has 1 aliphatic carbocycles. The summed E-state index contributed by atoms with van der Waals surface area (Å²) in [5.41, 5.74) is 0.0330. The van der Waals surface area contributed by atoms with Gasteiger partial charge in [0, 0.05) is 11.3 Å². The van der Waals surface area contributed by atoms with Crippen molar-refractivity contribution in [1.29, 1.82) is 0 Å². The topological polar surface area (TPSA) is 29.1 Å². The second-order valence-electron chi connectivity index (χ2n) is 6.60. The maximum Gasteiger partial charge on any atom is 0.142 e. The Balaban J connectivity index is 2.03. The van der Waals surface area contributed by atoms with Crippen molar-refractivity contribution in [3.63, 3.8) is 0 Å². The summed E-state index contributed by atoms with van der Waals surface area (Å²) < 4.78 is 0. The predicted octanol–water partition coefficient (Wildman–Crippen LogP) is 3.55. The maximum atomic E-state index is 12.9. The van der Waals surface area contributed by atoms with Gasteiger partial charge >= 0.3 is 0 Å². The van der Waals surface area contributed by atoms with Gasteiger partial charge in [-0.15, -0.1) is 0 Å². The number of Topliss-reactive ketones (excluding diaryl/α,β-unsaturated/α-hetero) is 1. The van der Waals surface area contributed by atoms with Crippen LogP contribution >= 0.6 is 0 Å². The molecule has 0 amide bonds. The van der Waals surface area contributed by atoms with Gasteiger partial charge in [0.15, 0.2) is 0 Å². The summed E-state index contributed by atoms with van der Waals surface area (Å²) in [6, 6.07) is 0. The number of carbonyl (C=O) groups excluding carboxylic acids is 1. The summed E-state index contributed by atoms with van der Waals surface area (Å²) in [7, 11) is 0. The van der Waals surface area contributed by atoms with E-state index in [1.54, 1.807) is 0 Å². The molecule has 0 spiro atoms. The van der Waals surface area contributed by atoms with Gasteiger partial charge in [-0.25, -0.2) is 0 Å². The number of nitrogens with one attached hydrogen (secondary N) is 1. The van der Waals surface area contributed by atoms with Crippen LogP contribution in [-0.4, -0.2) is 18.9 Å². The molecule has 0 unspecified atom stereocenters. The summed E-state index contributed by atoms with van der Waals surface area (Å²) in [5.74, 6) is 1.84. The molecule has 2 aliphatic rings. The van der Waals surface area contributed by atoms with Gasteiger partial charge < -0.3 is 5.32 Å². The predicted molar refractivity (Wildman–Crippen MR) is 75.6 cm³/mol. The molecular formula is C16H29NO. The van der Waals surface area contributed by atoms with Gasteiger partial charge in [-0.2, -0.15) is 0 Å². The standard InChI is InChI=1S/C16H29NO/c1-3-8-16(9-11-17-12-10-16)15(18)14-6-4-13(2)5-7-14/h13-14,17H,3-12H2,1-2H3. The molecule has 2 nitrogen and oxygen atoms in total. The fraction of sp³-hybridized carbons (Fsp3) is 0.938. The summed E-state index contributed by atoms with van der Waals surface area (Å²) in [6.07, 6.45) is 9.23. The summed E-state index contributed by atoms with van der Waals surface area (Å²) >= 11 is 0. The van der Waals surface area contributed by atoms with Crippen molar-refractivity contribution >= 4 is 5.78 Å². The molecule has 1 heterocycles. The molecular weight excluding hydrogens is 222 g/mol. The van der Waals surface area contributed by atoms with Crippen LogP contribution in [0, 0.1) is 17.3 Å². The lowest BCUT2D eigenvalue weighted by atomic mass is 9.65. The third-order valence-corrected chi connectivity index (χ3v) is 5.20. The SMILES string of the molecule is CCCC1(C(=O)C2CCC(C)CC2)CCNCC1. The number of carbonyl (C=O) groups is 1. The Morgan fingerprint density at radius 2 is 1.78 bits per heavy atom. The van der Waals surface area contributed by atoms with Crippen LogP contribution in [-0.2, 0) is 4.79 Å². The molecule has 104 valence electrons. The average molecular weight is 251 g/mol. The highest BCUT2D eigenvalue weighted by Gasteiger charge is 2.42. The molecule has 1 aliphatic heterocycles. The van der Waals surface area contributed by atoms with Crippen LogP contribution in [0.4, 0.5) is 0 Å². The van der Waals surface area contributed by atoms with Gasteiger partial charge in [-0.1, -0.05) is 33.1 Å². The van der Waals surface area contributed by atoms with Crippen LogP contribution in [0.3, 0.4) is 0 Å². The zero-order valence-electron chi connectivity index (χ0n) is 12.1. The first-order chi connectivity index (χ1) is 8.68. The monoisotopic (exact) mass is 251 g/mol. The summed E-state index contributed by atoms with van der Waals surface area (Å²) in [5, 5.41) is 3.41. The Morgan fingerprint density at radius 3 is 2.33 bits per heavy atom. The zero-order valence-corrected chi connectivity index (χ0v) is 12.1. The average Bonchev–Trinajstić information content (AvgIpc) is 2.40. The van der Waals surface area contributed by atoms with Crippen LogP contribution in [0.2, 0.25) is 0 Å². The van der Waals surface area contributed by atoms with E-state index in [0.717, 1.165) is 57.5 Å². The van der Waals surface area contributed by atoms with E-state index < -0.39 is 0 Å². The molecule has 0 aromatic rings. The van der Waals surface area contributed by atoms with E-state index in [1.165, 1.54) is 12.8 Å². The van der Waals surface area contributed by atoms with Gasteiger partial charge in [0.05, 0.1) is 0 Å². The van der Waals surface area contributed by atoms with Crippen LogP contribution in [0.25, 0.3) is 0 Å². The van der Waals surface area contributed by atoms with Crippen LogP contribution in [0.15, 0.2) is 0 Å². The molecule has 18 heavy (non-hydrogen) atoms. The van der Waals surface area contributed by atoms with E-state index in [-0.39, 0.29) is 5.41 Å². The highest BCUT2D eigenvalue weighted by molar-refractivity contribution is 5.87. The van der Waals surface area contributed by atoms with Crippen LogP contribution in [0.1, 0.15) is 65.2 Å². The van der Waals surface area contributed by atoms with E-state index in [9.17, 15) is 4.79 Å². The van der Waals surface area contributed by atoms with Gasteiger partial charge in [0.25, 0.3) is 0 Å².